The summed E-state index contributed by atoms with van der Waals surface area (Å²) in [7, 11) is 0. The molecule has 0 saturated carbocycles. The first-order chi connectivity index (χ1) is 7.25. The molecule has 2 aromatic rings. The van der Waals surface area contributed by atoms with Crippen LogP contribution in [-0.4, -0.2) is 15.0 Å². The molecule has 0 spiro atoms. The van der Waals surface area contributed by atoms with Crippen molar-refractivity contribution in [2.45, 2.75) is 20.4 Å². The molecule has 4 nitrogen and oxygen atoms in total. The van der Waals surface area contributed by atoms with Gasteiger partial charge in [0.1, 0.15) is 10.8 Å². The second-order valence-electron chi connectivity index (χ2n) is 3.23. The molecular formula is C10H12N4S. The van der Waals surface area contributed by atoms with Crippen molar-refractivity contribution in [1.29, 1.82) is 0 Å². The molecule has 2 rings (SSSR count). The zero-order valence-corrected chi connectivity index (χ0v) is 9.51. The number of hydrogen-bond acceptors (Lipinski definition) is 5. The van der Waals surface area contributed by atoms with Crippen LogP contribution in [0.1, 0.15) is 16.4 Å². The van der Waals surface area contributed by atoms with Gasteiger partial charge in [-0.1, -0.05) is 0 Å². The summed E-state index contributed by atoms with van der Waals surface area (Å²) in [5, 5.41) is 6.33. The number of hydrogen-bond donors (Lipinski definition) is 1. The highest BCUT2D eigenvalue weighted by atomic mass is 32.1. The average molecular weight is 220 g/mol. The number of thiazole rings is 1. The van der Waals surface area contributed by atoms with Gasteiger partial charge in [-0.25, -0.2) is 9.97 Å². The molecule has 0 aromatic carbocycles. The molecule has 1 N–H and O–H groups in total. The van der Waals surface area contributed by atoms with Crippen molar-refractivity contribution >= 4 is 17.2 Å². The lowest BCUT2D eigenvalue weighted by Gasteiger charge is -2.04. The highest BCUT2D eigenvalue weighted by Gasteiger charge is 2.01. The minimum absolute atomic E-state index is 0.706. The van der Waals surface area contributed by atoms with E-state index < -0.39 is 0 Å². The molecule has 2 aromatic heterocycles. The molecular weight excluding hydrogens is 208 g/mol. The van der Waals surface area contributed by atoms with Crippen molar-refractivity contribution in [3.63, 3.8) is 0 Å². The zero-order chi connectivity index (χ0) is 10.7. The Morgan fingerprint density at radius 3 is 2.73 bits per heavy atom. The van der Waals surface area contributed by atoms with Crippen LogP contribution in [-0.2, 0) is 6.54 Å². The summed E-state index contributed by atoms with van der Waals surface area (Å²) < 4.78 is 0. The smallest absolute Gasteiger partial charge is 0.147 e. The lowest BCUT2D eigenvalue weighted by molar-refractivity contribution is 1.03. The van der Waals surface area contributed by atoms with Crippen LogP contribution in [0.4, 0.5) is 5.82 Å². The van der Waals surface area contributed by atoms with Gasteiger partial charge >= 0.3 is 0 Å². The normalized spacial score (nSPS) is 10.3. The summed E-state index contributed by atoms with van der Waals surface area (Å²) in [5.41, 5.74) is 1.97. The topological polar surface area (TPSA) is 50.7 Å². The number of nitrogens with one attached hydrogen (secondary N) is 1. The molecule has 0 fully saturated rings. The van der Waals surface area contributed by atoms with E-state index in [-0.39, 0.29) is 0 Å². The number of rotatable bonds is 3. The van der Waals surface area contributed by atoms with Gasteiger partial charge in [0.15, 0.2) is 0 Å². The van der Waals surface area contributed by atoms with Crippen molar-refractivity contribution in [2.24, 2.45) is 0 Å². The molecule has 5 heteroatoms. The maximum Gasteiger partial charge on any atom is 0.147 e. The van der Waals surface area contributed by atoms with Crippen molar-refractivity contribution < 1.29 is 0 Å². The Labute approximate surface area is 92.4 Å². The van der Waals surface area contributed by atoms with E-state index in [1.165, 1.54) is 0 Å². The van der Waals surface area contributed by atoms with Gasteiger partial charge in [0.25, 0.3) is 0 Å². The van der Waals surface area contributed by atoms with Crippen LogP contribution in [0.15, 0.2) is 17.8 Å². The Kier molecular flexibility index (Phi) is 2.91. The van der Waals surface area contributed by atoms with E-state index >= 15 is 0 Å². The molecule has 0 aliphatic heterocycles. The first-order valence-corrected chi connectivity index (χ1v) is 5.56. The SMILES string of the molecule is Cc1csc(CNc2nccnc2C)n1. The van der Waals surface area contributed by atoms with E-state index in [0.717, 1.165) is 22.2 Å². The second-order valence-corrected chi connectivity index (χ2v) is 4.17. The van der Waals surface area contributed by atoms with Gasteiger partial charge in [-0.05, 0) is 13.8 Å². The Bertz CT molecular complexity index is 452. The summed E-state index contributed by atoms with van der Waals surface area (Å²) in [5.74, 6) is 0.824. The molecule has 0 radical (unpaired) electrons. The third-order valence-electron chi connectivity index (χ3n) is 1.95. The summed E-state index contributed by atoms with van der Waals surface area (Å²) in [4.78, 5) is 12.7. The Morgan fingerprint density at radius 1 is 1.27 bits per heavy atom. The number of nitrogens with zero attached hydrogens (tertiary/aromatic N) is 3. The molecule has 0 aliphatic carbocycles. The van der Waals surface area contributed by atoms with Crippen molar-refractivity contribution in [3.8, 4) is 0 Å². The van der Waals surface area contributed by atoms with Gasteiger partial charge in [0.2, 0.25) is 0 Å². The van der Waals surface area contributed by atoms with Crippen LogP contribution in [0.25, 0.3) is 0 Å². The molecule has 0 aliphatic rings. The van der Waals surface area contributed by atoms with E-state index in [1.54, 1.807) is 23.7 Å². The predicted molar refractivity (Wildman–Crippen MR) is 60.9 cm³/mol. The molecule has 0 atom stereocenters. The van der Waals surface area contributed by atoms with E-state index in [2.05, 4.69) is 20.3 Å². The highest BCUT2D eigenvalue weighted by Crippen LogP contribution is 2.12. The molecule has 0 amide bonds. The van der Waals surface area contributed by atoms with Crippen LogP contribution in [0.5, 0.6) is 0 Å². The fourth-order valence-electron chi connectivity index (χ4n) is 1.22. The molecule has 15 heavy (non-hydrogen) atoms. The first kappa shape index (κ1) is 10.0. The van der Waals surface area contributed by atoms with Crippen molar-refractivity contribution in [1.82, 2.24) is 15.0 Å². The summed E-state index contributed by atoms with van der Waals surface area (Å²) in [6.45, 7) is 4.63. The molecule has 0 unspecified atom stereocenters. The van der Waals surface area contributed by atoms with Crippen molar-refractivity contribution in [3.05, 3.63) is 34.2 Å². The minimum atomic E-state index is 0.706. The van der Waals surface area contributed by atoms with Gasteiger partial charge in [-0.3, -0.25) is 4.98 Å². The third kappa shape index (κ3) is 2.50. The average Bonchev–Trinajstić information content (AvgIpc) is 2.63. The second kappa shape index (κ2) is 4.35. The summed E-state index contributed by atoms with van der Waals surface area (Å²) in [6, 6.07) is 0. The molecule has 0 bridgehead atoms. The Morgan fingerprint density at radius 2 is 2.07 bits per heavy atom. The Hall–Kier alpha value is -1.49. The minimum Gasteiger partial charge on any atom is -0.362 e. The fourth-order valence-corrected chi connectivity index (χ4v) is 1.94. The highest BCUT2D eigenvalue weighted by molar-refractivity contribution is 7.09. The maximum atomic E-state index is 4.36. The van der Waals surface area contributed by atoms with Crippen LogP contribution in [0.2, 0.25) is 0 Å². The Balaban J connectivity index is 2.02. The van der Waals surface area contributed by atoms with E-state index in [0.29, 0.717) is 6.54 Å². The molecule has 2 heterocycles. The van der Waals surface area contributed by atoms with E-state index in [1.807, 2.05) is 19.2 Å². The fraction of sp³-hybridized carbons (Fsp3) is 0.300. The van der Waals surface area contributed by atoms with Gasteiger partial charge in [0.05, 0.1) is 12.2 Å². The number of aryl methyl sites for hydroxylation is 2. The number of aromatic nitrogens is 3. The lowest BCUT2D eigenvalue weighted by atomic mass is 10.4. The van der Waals surface area contributed by atoms with Gasteiger partial charge < -0.3 is 5.32 Å². The summed E-state index contributed by atoms with van der Waals surface area (Å²) in [6.07, 6.45) is 3.37. The molecule has 0 saturated heterocycles. The van der Waals surface area contributed by atoms with Crippen LogP contribution < -0.4 is 5.32 Å². The largest absolute Gasteiger partial charge is 0.362 e. The monoisotopic (exact) mass is 220 g/mol. The lowest BCUT2D eigenvalue weighted by Crippen LogP contribution is -2.03. The van der Waals surface area contributed by atoms with Gasteiger partial charge in [0, 0.05) is 23.5 Å². The summed E-state index contributed by atoms with van der Waals surface area (Å²) >= 11 is 1.65. The first-order valence-electron chi connectivity index (χ1n) is 4.68. The molecule has 78 valence electrons. The van der Waals surface area contributed by atoms with Gasteiger partial charge in [-0.15, -0.1) is 11.3 Å². The predicted octanol–water partition coefficient (Wildman–Crippen LogP) is 2.16. The number of anilines is 1. The zero-order valence-electron chi connectivity index (χ0n) is 8.69. The quantitative estimate of drug-likeness (QED) is 0.861. The van der Waals surface area contributed by atoms with Gasteiger partial charge in [-0.2, -0.15) is 0 Å². The maximum absolute atomic E-state index is 4.36. The van der Waals surface area contributed by atoms with Crippen LogP contribution in [0, 0.1) is 13.8 Å². The van der Waals surface area contributed by atoms with E-state index in [4.69, 9.17) is 0 Å². The van der Waals surface area contributed by atoms with Crippen LogP contribution in [0.3, 0.4) is 0 Å². The standard InChI is InChI=1S/C10H12N4S/c1-7-6-15-9(14-7)5-13-10-8(2)11-3-4-12-10/h3-4,6H,5H2,1-2H3,(H,12,13). The van der Waals surface area contributed by atoms with E-state index in [9.17, 15) is 0 Å². The van der Waals surface area contributed by atoms with Crippen LogP contribution >= 0.6 is 11.3 Å². The van der Waals surface area contributed by atoms with Crippen molar-refractivity contribution in [2.75, 3.05) is 5.32 Å². The third-order valence-corrected chi connectivity index (χ3v) is 2.92.